The maximum Gasteiger partial charge on any atom is 0.260 e. The van der Waals surface area contributed by atoms with Gasteiger partial charge in [0, 0.05) is 9.40 Å². The molecule has 0 spiro atoms. The molecule has 3 aromatic heterocycles. The fraction of sp³-hybridized carbons (Fsp3) is 0.125. The number of imide groups is 1. The summed E-state index contributed by atoms with van der Waals surface area (Å²) in [6, 6.07) is 0. The highest BCUT2D eigenvalue weighted by atomic mass is 32.1. The molecular weight excluding hydrogens is 302 g/mol. The van der Waals surface area contributed by atoms with Gasteiger partial charge in [0.1, 0.15) is 0 Å². The average Bonchev–Trinajstić information content (AvgIpc) is 3.15. The molecule has 3 nitrogen and oxygen atoms in total. The first-order chi connectivity index (χ1) is 10.2. The number of thiophene rings is 3. The molecule has 1 N–H and O–H groups in total. The zero-order chi connectivity index (χ0) is 14.1. The van der Waals surface area contributed by atoms with Gasteiger partial charge < -0.3 is 0 Å². The molecular formula is C16H9NO2S2. The van der Waals surface area contributed by atoms with Gasteiger partial charge in [-0.3, -0.25) is 14.9 Å². The molecule has 21 heavy (non-hydrogen) atoms. The molecule has 0 fully saturated rings. The average molecular weight is 311 g/mol. The van der Waals surface area contributed by atoms with Crippen LogP contribution in [-0.4, -0.2) is 11.8 Å². The van der Waals surface area contributed by atoms with Gasteiger partial charge in [0.05, 0.1) is 11.1 Å². The van der Waals surface area contributed by atoms with Crippen molar-refractivity contribution in [3.63, 3.8) is 0 Å². The fourth-order valence-electron chi connectivity index (χ4n) is 3.29. The summed E-state index contributed by atoms with van der Waals surface area (Å²) in [7, 11) is 0. The highest BCUT2D eigenvalue weighted by Gasteiger charge is 2.37. The van der Waals surface area contributed by atoms with Crippen molar-refractivity contribution in [2.45, 2.75) is 12.8 Å². The highest BCUT2D eigenvalue weighted by Crippen LogP contribution is 2.45. The number of amides is 2. The summed E-state index contributed by atoms with van der Waals surface area (Å²) >= 11 is 3.31. The maximum atomic E-state index is 12.0. The minimum absolute atomic E-state index is 0.235. The molecule has 102 valence electrons. The molecule has 0 aromatic carbocycles. The van der Waals surface area contributed by atoms with Crippen LogP contribution in [0, 0.1) is 0 Å². The van der Waals surface area contributed by atoms with Crippen molar-refractivity contribution in [2.75, 3.05) is 0 Å². The number of hydrogen-bond donors (Lipinski definition) is 1. The SMILES string of the molecule is O=C1NC(=O)c2c1c1sc2c2c1/C=C\c1cscc1CC2. The van der Waals surface area contributed by atoms with Crippen LogP contribution < -0.4 is 5.32 Å². The van der Waals surface area contributed by atoms with Crippen LogP contribution in [0.1, 0.15) is 43.0 Å². The number of aryl methyl sites for hydroxylation is 2. The number of carbonyl (C=O) groups excluding carboxylic acids is 2. The monoisotopic (exact) mass is 311 g/mol. The fourth-order valence-corrected chi connectivity index (χ4v) is 5.59. The van der Waals surface area contributed by atoms with Crippen LogP contribution in [0.3, 0.4) is 0 Å². The van der Waals surface area contributed by atoms with E-state index in [2.05, 4.69) is 28.2 Å². The first-order valence-corrected chi connectivity index (χ1v) is 8.49. The zero-order valence-electron chi connectivity index (χ0n) is 10.9. The van der Waals surface area contributed by atoms with E-state index in [1.165, 1.54) is 16.7 Å². The lowest BCUT2D eigenvalue weighted by molar-refractivity contribution is 0.0880. The third-order valence-corrected chi connectivity index (χ3v) is 6.38. The van der Waals surface area contributed by atoms with E-state index in [1.807, 2.05) is 0 Å². The van der Waals surface area contributed by atoms with Crippen LogP contribution in [0.15, 0.2) is 10.8 Å². The molecule has 0 saturated heterocycles. The maximum absolute atomic E-state index is 12.0. The summed E-state index contributed by atoms with van der Waals surface area (Å²) in [4.78, 5) is 23.9. The Kier molecular flexibility index (Phi) is 2.11. The van der Waals surface area contributed by atoms with Gasteiger partial charge in [0.2, 0.25) is 0 Å². The van der Waals surface area contributed by atoms with Gasteiger partial charge in [-0.2, -0.15) is 11.3 Å². The van der Waals surface area contributed by atoms with E-state index in [1.54, 1.807) is 22.7 Å². The minimum atomic E-state index is -0.245. The standard InChI is InChI=1S/C16H9NO2S2/c18-15-11-12(16(19)17-15)14-10-4-2-8-6-20-5-7(8)1-3-9(10)13(11)21-14/h1,3,5-6H,2,4H2,(H,17,18,19)/b3-1-. The van der Waals surface area contributed by atoms with Crippen molar-refractivity contribution < 1.29 is 9.59 Å². The van der Waals surface area contributed by atoms with Gasteiger partial charge in [-0.15, -0.1) is 11.3 Å². The Bertz CT molecular complexity index is 961. The van der Waals surface area contributed by atoms with Gasteiger partial charge in [-0.25, -0.2) is 0 Å². The van der Waals surface area contributed by atoms with E-state index in [0.717, 1.165) is 27.8 Å². The number of carbonyl (C=O) groups is 2. The van der Waals surface area contributed by atoms with Gasteiger partial charge in [-0.1, -0.05) is 12.2 Å². The van der Waals surface area contributed by atoms with E-state index in [-0.39, 0.29) is 11.8 Å². The molecule has 1 aliphatic carbocycles. The number of hydrogen-bond acceptors (Lipinski definition) is 4. The molecule has 0 radical (unpaired) electrons. The quantitative estimate of drug-likeness (QED) is 0.645. The Morgan fingerprint density at radius 2 is 1.76 bits per heavy atom. The van der Waals surface area contributed by atoms with Crippen molar-refractivity contribution in [3.8, 4) is 0 Å². The van der Waals surface area contributed by atoms with Crippen molar-refractivity contribution in [1.29, 1.82) is 0 Å². The molecule has 0 unspecified atom stereocenters. The van der Waals surface area contributed by atoms with Crippen LogP contribution in [0.5, 0.6) is 0 Å². The van der Waals surface area contributed by atoms with E-state index in [4.69, 9.17) is 0 Å². The largest absolute Gasteiger partial charge is 0.288 e. The predicted octanol–water partition coefficient (Wildman–Crippen LogP) is 3.55. The Morgan fingerprint density at radius 1 is 0.952 bits per heavy atom. The number of benzene rings is 1. The number of fused-ring (bicyclic) bond motifs is 9. The van der Waals surface area contributed by atoms with Gasteiger partial charge >= 0.3 is 0 Å². The zero-order valence-corrected chi connectivity index (χ0v) is 12.5. The lowest BCUT2D eigenvalue weighted by atomic mass is 9.92. The topological polar surface area (TPSA) is 46.2 Å². The second-order valence-electron chi connectivity index (χ2n) is 5.37. The van der Waals surface area contributed by atoms with Crippen molar-refractivity contribution >= 4 is 56.0 Å². The molecule has 3 aromatic rings. The van der Waals surface area contributed by atoms with E-state index >= 15 is 0 Å². The Labute approximate surface area is 128 Å². The van der Waals surface area contributed by atoms with E-state index in [9.17, 15) is 9.59 Å². The molecule has 0 atom stereocenters. The summed E-state index contributed by atoms with van der Waals surface area (Å²) < 4.78 is 1.97. The smallest absolute Gasteiger partial charge is 0.260 e. The minimum Gasteiger partial charge on any atom is -0.288 e. The number of rotatable bonds is 0. The van der Waals surface area contributed by atoms with Crippen molar-refractivity contribution in [3.05, 3.63) is 44.1 Å². The summed E-state index contributed by atoms with van der Waals surface area (Å²) in [5.41, 5.74) is 6.20. The lowest BCUT2D eigenvalue weighted by Crippen LogP contribution is -2.20. The molecule has 2 aliphatic rings. The van der Waals surface area contributed by atoms with Crippen molar-refractivity contribution in [1.82, 2.24) is 5.32 Å². The third kappa shape index (κ3) is 1.37. The van der Waals surface area contributed by atoms with Gasteiger partial charge in [-0.05, 0) is 45.9 Å². The second-order valence-corrected chi connectivity index (χ2v) is 7.14. The Hall–Kier alpha value is -1.98. The van der Waals surface area contributed by atoms with Crippen LogP contribution in [0.4, 0.5) is 0 Å². The first-order valence-electron chi connectivity index (χ1n) is 6.73. The molecule has 4 heterocycles. The molecule has 1 aliphatic heterocycles. The van der Waals surface area contributed by atoms with Crippen LogP contribution in [0.2, 0.25) is 0 Å². The Morgan fingerprint density at radius 3 is 2.62 bits per heavy atom. The van der Waals surface area contributed by atoms with E-state index in [0.29, 0.717) is 11.1 Å². The van der Waals surface area contributed by atoms with Crippen LogP contribution in [-0.2, 0) is 12.8 Å². The normalized spacial score (nSPS) is 18.1. The van der Waals surface area contributed by atoms with Crippen LogP contribution in [0.25, 0.3) is 21.6 Å². The predicted molar refractivity (Wildman–Crippen MR) is 85.5 cm³/mol. The summed E-state index contributed by atoms with van der Waals surface area (Å²) in [6.45, 7) is 0. The molecule has 2 amide bonds. The summed E-state index contributed by atoms with van der Waals surface area (Å²) in [5, 5.41) is 6.77. The second kappa shape index (κ2) is 3.81. The molecule has 0 saturated carbocycles. The van der Waals surface area contributed by atoms with E-state index < -0.39 is 0 Å². The van der Waals surface area contributed by atoms with Gasteiger partial charge in [0.15, 0.2) is 0 Å². The van der Waals surface area contributed by atoms with Crippen LogP contribution >= 0.6 is 22.7 Å². The third-order valence-electron chi connectivity index (χ3n) is 4.28. The lowest BCUT2D eigenvalue weighted by Gasteiger charge is -2.09. The van der Waals surface area contributed by atoms with Gasteiger partial charge in [0.25, 0.3) is 11.8 Å². The molecule has 5 heteroatoms. The van der Waals surface area contributed by atoms with Crippen molar-refractivity contribution in [2.24, 2.45) is 0 Å². The summed E-state index contributed by atoms with van der Waals surface area (Å²) in [6.07, 6.45) is 6.14. The molecule has 5 rings (SSSR count). The highest BCUT2D eigenvalue weighted by molar-refractivity contribution is 7.26. The first kappa shape index (κ1) is 11.7. The number of nitrogens with one attached hydrogen (secondary N) is 1. The summed E-state index contributed by atoms with van der Waals surface area (Å²) in [5.74, 6) is -0.480. The Balaban J connectivity index is 1.80. The molecule has 2 bridgehead atoms.